The van der Waals surface area contributed by atoms with Crippen molar-refractivity contribution in [1.29, 1.82) is 0 Å². The highest BCUT2D eigenvalue weighted by Gasteiger charge is 2.30. The van der Waals surface area contributed by atoms with Gasteiger partial charge in [0.2, 0.25) is 23.6 Å². The molecule has 0 spiro atoms. The molecule has 39 heavy (non-hydrogen) atoms. The van der Waals surface area contributed by atoms with Crippen molar-refractivity contribution in [2.24, 2.45) is 5.73 Å². The third kappa shape index (κ3) is 7.31. The van der Waals surface area contributed by atoms with Crippen molar-refractivity contribution in [2.45, 2.75) is 44.3 Å². The van der Waals surface area contributed by atoms with Crippen LogP contribution in [-0.4, -0.2) is 56.7 Å². The minimum Gasteiger partial charge on any atom is -0.368 e. The zero-order chi connectivity index (χ0) is 27.8. The van der Waals surface area contributed by atoms with Crippen molar-refractivity contribution in [2.75, 3.05) is 0 Å². The van der Waals surface area contributed by atoms with Crippen LogP contribution < -0.4 is 21.7 Å². The summed E-state index contributed by atoms with van der Waals surface area (Å²) in [6.45, 7) is 1.33. The summed E-state index contributed by atoms with van der Waals surface area (Å²) in [4.78, 5) is 61.0. The maximum absolute atomic E-state index is 13.5. The van der Waals surface area contributed by atoms with E-state index in [9.17, 15) is 19.2 Å². The molecule has 2 aromatic carbocycles. The molecule has 0 aliphatic rings. The van der Waals surface area contributed by atoms with E-state index in [-0.39, 0.29) is 25.2 Å². The van der Waals surface area contributed by atoms with E-state index in [1.165, 1.54) is 19.4 Å². The lowest BCUT2D eigenvalue weighted by molar-refractivity contribution is -0.133. The number of hydrogen-bond acceptors (Lipinski definition) is 5. The van der Waals surface area contributed by atoms with E-state index in [1.54, 1.807) is 6.20 Å². The lowest BCUT2D eigenvalue weighted by Gasteiger charge is -2.24. The summed E-state index contributed by atoms with van der Waals surface area (Å²) >= 11 is 0. The van der Waals surface area contributed by atoms with Gasteiger partial charge >= 0.3 is 0 Å². The summed E-state index contributed by atoms with van der Waals surface area (Å²) in [5.41, 5.74) is 8.72. The molecule has 3 atom stereocenters. The minimum absolute atomic E-state index is 0.108. The number of imidazole rings is 1. The quantitative estimate of drug-likeness (QED) is 0.159. The van der Waals surface area contributed by atoms with Crippen LogP contribution in [0.4, 0.5) is 0 Å². The Kier molecular flexibility index (Phi) is 8.72. The number of primary amides is 1. The summed E-state index contributed by atoms with van der Waals surface area (Å²) in [5.74, 6) is -2.22. The van der Waals surface area contributed by atoms with Gasteiger partial charge in [-0.05, 0) is 17.2 Å². The second-order valence-corrected chi connectivity index (χ2v) is 9.31. The molecule has 2 aromatic heterocycles. The van der Waals surface area contributed by atoms with Crippen LogP contribution in [0.15, 0.2) is 73.3 Å². The number of hydrogen-bond donors (Lipinski definition) is 6. The zero-order valence-corrected chi connectivity index (χ0v) is 21.4. The van der Waals surface area contributed by atoms with Gasteiger partial charge in [-0.2, -0.15) is 0 Å². The van der Waals surface area contributed by atoms with Crippen LogP contribution in [0.1, 0.15) is 23.7 Å². The highest BCUT2D eigenvalue weighted by molar-refractivity contribution is 5.94. The first-order chi connectivity index (χ1) is 18.8. The Morgan fingerprint density at radius 1 is 0.821 bits per heavy atom. The van der Waals surface area contributed by atoms with Gasteiger partial charge in [0.25, 0.3) is 0 Å². The van der Waals surface area contributed by atoms with Crippen LogP contribution in [0.2, 0.25) is 0 Å². The van der Waals surface area contributed by atoms with Crippen LogP contribution in [0.3, 0.4) is 0 Å². The first-order valence-corrected chi connectivity index (χ1v) is 12.5. The van der Waals surface area contributed by atoms with Gasteiger partial charge in [-0.25, -0.2) is 4.98 Å². The van der Waals surface area contributed by atoms with Crippen LogP contribution >= 0.6 is 0 Å². The Bertz CT molecular complexity index is 1430. The number of nitrogens with zero attached hydrogens (tertiary/aromatic N) is 1. The van der Waals surface area contributed by atoms with E-state index in [2.05, 4.69) is 30.9 Å². The van der Waals surface area contributed by atoms with Gasteiger partial charge in [0.1, 0.15) is 18.1 Å². The van der Waals surface area contributed by atoms with Crippen LogP contribution in [-0.2, 0) is 38.4 Å². The number of nitrogens with two attached hydrogens (primary N) is 1. The molecule has 0 saturated heterocycles. The third-order valence-electron chi connectivity index (χ3n) is 6.35. The summed E-state index contributed by atoms with van der Waals surface area (Å²) < 4.78 is 0. The maximum Gasteiger partial charge on any atom is 0.243 e. The third-order valence-corrected chi connectivity index (χ3v) is 6.35. The normalized spacial score (nSPS) is 13.3. The van der Waals surface area contributed by atoms with Crippen LogP contribution in [0, 0.1) is 0 Å². The lowest BCUT2D eigenvalue weighted by Crippen LogP contribution is -2.57. The molecule has 0 fully saturated rings. The van der Waals surface area contributed by atoms with Gasteiger partial charge in [-0.1, -0.05) is 48.5 Å². The average Bonchev–Trinajstić information content (AvgIpc) is 3.58. The van der Waals surface area contributed by atoms with Gasteiger partial charge in [-0.3, -0.25) is 19.2 Å². The van der Waals surface area contributed by atoms with E-state index in [1.807, 2.05) is 54.6 Å². The van der Waals surface area contributed by atoms with Gasteiger partial charge in [0.15, 0.2) is 0 Å². The summed E-state index contributed by atoms with van der Waals surface area (Å²) in [6, 6.07) is 13.8. The van der Waals surface area contributed by atoms with Crippen LogP contribution in [0.25, 0.3) is 10.9 Å². The van der Waals surface area contributed by atoms with Crippen molar-refractivity contribution >= 4 is 34.5 Å². The number of rotatable bonds is 12. The summed E-state index contributed by atoms with van der Waals surface area (Å²) in [6.07, 6.45) is 5.26. The van der Waals surface area contributed by atoms with E-state index >= 15 is 0 Å². The monoisotopic (exact) mass is 529 g/mol. The highest BCUT2D eigenvalue weighted by atomic mass is 16.2. The van der Waals surface area contributed by atoms with E-state index < -0.39 is 35.8 Å². The van der Waals surface area contributed by atoms with Crippen molar-refractivity contribution < 1.29 is 19.2 Å². The highest BCUT2D eigenvalue weighted by Crippen LogP contribution is 2.19. The second kappa shape index (κ2) is 12.5. The number of aromatic amines is 2. The number of amides is 4. The molecule has 0 aliphatic heterocycles. The van der Waals surface area contributed by atoms with Crippen molar-refractivity contribution in [3.63, 3.8) is 0 Å². The topological polar surface area (TPSA) is 175 Å². The average molecular weight is 530 g/mol. The molecule has 4 rings (SSSR count). The van der Waals surface area contributed by atoms with Crippen molar-refractivity contribution in [3.05, 3.63) is 90.1 Å². The van der Waals surface area contributed by atoms with Gasteiger partial charge in [0, 0.05) is 55.2 Å². The van der Waals surface area contributed by atoms with Gasteiger partial charge < -0.3 is 31.7 Å². The van der Waals surface area contributed by atoms with Gasteiger partial charge in [0.05, 0.1) is 6.33 Å². The summed E-state index contributed by atoms with van der Waals surface area (Å²) in [5, 5.41) is 9.05. The number of nitrogens with one attached hydrogen (secondary N) is 5. The van der Waals surface area contributed by atoms with Crippen LogP contribution in [0.5, 0.6) is 0 Å². The summed E-state index contributed by atoms with van der Waals surface area (Å²) in [7, 11) is 0. The van der Waals surface area contributed by atoms with E-state index in [0.717, 1.165) is 22.0 Å². The largest absolute Gasteiger partial charge is 0.368 e. The zero-order valence-electron chi connectivity index (χ0n) is 21.4. The molecule has 202 valence electrons. The smallest absolute Gasteiger partial charge is 0.243 e. The number of para-hydroxylation sites is 1. The first-order valence-electron chi connectivity index (χ1n) is 12.5. The standard InChI is InChI=1S/C28H31N7O4/c1-17(36)33-24(11-18-7-3-2-4-8-18)27(38)35-25(12-19-14-31-22-10-6-5-9-21(19)22)28(39)34-23(26(29)37)13-20-15-30-16-32-20/h2-10,14-16,23-25,31H,11-13H2,1H3,(H2,29,37)(H,30,32)(H,33,36)(H,34,39)(H,35,38). The Balaban J connectivity index is 1.58. The molecular formula is C28H31N7O4. The fourth-order valence-electron chi connectivity index (χ4n) is 4.42. The number of carbonyl (C=O) groups is 4. The van der Waals surface area contributed by atoms with E-state index in [4.69, 9.17) is 5.73 Å². The molecule has 11 nitrogen and oxygen atoms in total. The molecule has 0 radical (unpaired) electrons. The molecule has 0 aliphatic carbocycles. The Labute approximate surface area is 225 Å². The predicted octanol–water partition coefficient (Wildman–Crippen LogP) is 0.879. The SMILES string of the molecule is CC(=O)NC(Cc1ccccc1)C(=O)NC(Cc1c[nH]c2ccccc12)C(=O)NC(Cc1cnc[nH]1)C(N)=O. The Morgan fingerprint density at radius 2 is 1.49 bits per heavy atom. The van der Waals surface area contributed by atoms with Crippen molar-refractivity contribution in [1.82, 2.24) is 30.9 Å². The lowest BCUT2D eigenvalue weighted by atomic mass is 10.0. The molecule has 4 aromatic rings. The minimum atomic E-state index is -1.06. The Hall–Kier alpha value is -4.93. The molecule has 11 heteroatoms. The van der Waals surface area contributed by atoms with Crippen molar-refractivity contribution in [3.8, 4) is 0 Å². The first kappa shape index (κ1) is 27.1. The fourth-order valence-corrected chi connectivity index (χ4v) is 4.42. The Morgan fingerprint density at radius 3 is 2.15 bits per heavy atom. The number of fused-ring (bicyclic) bond motifs is 1. The molecule has 2 heterocycles. The fraction of sp³-hybridized carbons (Fsp3) is 0.250. The molecule has 7 N–H and O–H groups in total. The molecule has 0 saturated carbocycles. The molecule has 3 unspecified atom stereocenters. The molecule has 4 amide bonds. The molecular weight excluding hydrogens is 498 g/mol. The number of aromatic nitrogens is 3. The number of benzene rings is 2. The van der Waals surface area contributed by atoms with E-state index in [0.29, 0.717) is 5.69 Å². The maximum atomic E-state index is 13.5. The molecule has 0 bridgehead atoms. The second-order valence-electron chi connectivity index (χ2n) is 9.31. The predicted molar refractivity (Wildman–Crippen MR) is 145 cm³/mol. The number of carbonyl (C=O) groups excluding carboxylic acids is 4. The number of H-pyrrole nitrogens is 2. The van der Waals surface area contributed by atoms with Gasteiger partial charge in [-0.15, -0.1) is 0 Å².